The fraction of sp³-hybridized carbons (Fsp3) is 0.231. The average molecular weight is 222 g/mol. The van der Waals surface area contributed by atoms with Crippen molar-refractivity contribution in [2.45, 2.75) is 13.0 Å². The monoisotopic (exact) mass is 221 g/mol. The molecule has 0 heterocycles. The van der Waals surface area contributed by atoms with Gasteiger partial charge in [-0.2, -0.15) is 0 Å². The van der Waals surface area contributed by atoms with E-state index >= 15 is 0 Å². The van der Waals surface area contributed by atoms with Gasteiger partial charge in [0.05, 0.1) is 0 Å². The fourth-order valence-corrected chi connectivity index (χ4v) is 1.64. The molecule has 1 nitrogen and oxygen atoms in total. The standard InChI is InChI=1S/C13H15N.ClH/c1-10(14-2)12-8-7-11-5-3-4-6-13(11)9-12;/h3-10,14H,1-2H3;1H. The van der Waals surface area contributed by atoms with Gasteiger partial charge < -0.3 is 5.32 Å². The topological polar surface area (TPSA) is 12.0 Å². The molecule has 0 saturated heterocycles. The molecular weight excluding hydrogens is 206 g/mol. The van der Waals surface area contributed by atoms with Gasteiger partial charge in [0.2, 0.25) is 0 Å². The molecule has 0 fully saturated rings. The highest BCUT2D eigenvalue weighted by Gasteiger charge is 2.02. The highest BCUT2D eigenvalue weighted by atomic mass is 35.5. The number of benzene rings is 2. The van der Waals surface area contributed by atoms with Gasteiger partial charge in [0, 0.05) is 6.04 Å². The van der Waals surface area contributed by atoms with E-state index in [1.165, 1.54) is 16.3 Å². The largest absolute Gasteiger partial charge is 0.313 e. The van der Waals surface area contributed by atoms with Gasteiger partial charge in [-0.3, -0.25) is 0 Å². The van der Waals surface area contributed by atoms with Crippen molar-refractivity contribution in [3.05, 3.63) is 48.0 Å². The summed E-state index contributed by atoms with van der Waals surface area (Å²) in [6.07, 6.45) is 0. The molecular formula is C13H16ClN. The summed E-state index contributed by atoms with van der Waals surface area (Å²) < 4.78 is 0. The Morgan fingerprint density at radius 2 is 1.67 bits per heavy atom. The number of fused-ring (bicyclic) bond motifs is 1. The molecule has 1 atom stereocenters. The van der Waals surface area contributed by atoms with Crippen LogP contribution in [0.4, 0.5) is 0 Å². The van der Waals surface area contributed by atoms with Gasteiger partial charge in [-0.25, -0.2) is 0 Å². The molecule has 15 heavy (non-hydrogen) atoms. The summed E-state index contributed by atoms with van der Waals surface area (Å²) in [6.45, 7) is 2.17. The molecule has 1 N–H and O–H groups in total. The molecule has 2 rings (SSSR count). The van der Waals surface area contributed by atoms with Crippen LogP contribution in [0, 0.1) is 0 Å². The van der Waals surface area contributed by atoms with Crippen molar-refractivity contribution in [2.24, 2.45) is 0 Å². The lowest BCUT2D eigenvalue weighted by Crippen LogP contribution is -2.11. The summed E-state index contributed by atoms with van der Waals surface area (Å²) in [5.74, 6) is 0. The van der Waals surface area contributed by atoms with Crippen molar-refractivity contribution in [2.75, 3.05) is 7.05 Å². The van der Waals surface area contributed by atoms with Crippen molar-refractivity contribution < 1.29 is 0 Å². The lowest BCUT2D eigenvalue weighted by molar-refractivity contribution is 0.653. The van der Waals surface area contributed by atoms with Crippen LogP contribution in [0.15, 0.2) is 42.5 Å². The second-order valence-electron chi connectivity index (χ2n) is 3.62. The Morgan fingerprint density at radius 1 is 1.00 bits per heavy atom. The third-order valence-corrected chi connectivity index (χ3v) is 2.71. The Bertz CT molecular complexity index is 439. The van der Waals surface area contributed by atoms with Gasteiger partial charge in [0.15, 0.2) is 0 Å². The van der Waals surface area contributed by atoms with E-state index in [4.69, 9.17) is 0 Å². The van der Waals surface area contributed by atoms with Crippen LogP contribution in [0.3, 0.4) is 0 Å². The first-order valence-electron chi connectivity index (χ1n) is 4.97. The molecule has 2 heteroatoms. The lowest BCUT2D eigenvalue weighted by Gasteiger charge is -2.11. The lowest BCUT2D eigenvalue weighted by atomic mass is 10.0. The first-order valence-corrected chi connectivity index (χ1v) is 4.97. The van der Waals surface area contributed by atoms with E-state index in [9.17, 15) is 0 Å². The first kappa shape index (κ1) is 12.0. The van der Waals surface area contributed by atoms with Crippen LogP contribution in [-0.2, 0) is 0 Å². The second kappa shape index (κ2) is 5.15. The summed E-state index contributed by atoms with van der Waals surface area (Å²) in [5.41, 5.74) is 1.34. The molecule has 0 radical (unpaired) electrons. The Balaban J connectivity index is 0.00000112. The Kier molecular flexibility index (Phi) is 4.13. The zero-order chi connectivity index (χ0) is 9.97. The molecule has 0 bridgehead atoms. The van der Waals surface area contributed by atoms with Gasteiger partial charge in [0.25, 0.3) is 0 Å². The minimum Gasteiger partial charge on any atom is -0.313 e. The zero-order valence-corrected chi connectivity index (χ0v) is 9.84. The molecule has 1 unspecified atom stereocenters. The van der Waals surface area contributed by atoms with E-state index in [0.29, 0.717) is 6.04 Å². The minimum atomic E-state index is 0. The van der Waals surface area contributed by atoms with E-state index < -0.39 is 0 Å². The van der Waals surface area contributed by atoms with Gasteiger partial charge in [-0.15, -0.1) is 12.4 Å². The third-order valence-electron chi connectivity index (χ3n) is 2.71. The van der Waals surface area contributed by atoms with Gasteiger partial charge in [-0.05, 0) is 36.4 Å². The quantitative estimate of drug-likeness (QED) is 0.818. The highest BCUT2D eigenvalue weighted by Crippen LogP contribution is 2.19. The molecule has 0 aliphatic heterocycles. The molecule has 0 spiro atoms. The summed E-state index contributed by atoms with van der Waals surface area (Å²) in [6, 6.07) is 15.5. The molecule has 0 amide bonds. The fourth-order valence-electron chi connectivity index (χ4n) is 1.64. The molecule has 80 valence electrons. The molecule has 0 aromatic heterocycles. The van der Waals surface area contributed by atoms with Crippen LogP contribution >= 0.6 is 12.4 Å². The van der Waals surface area contributed by atoms with Crippen LogP contribution in [0.1, 0.15) is 18.5 Å². The smallest absolute Gasteiger partial charge is 0.0289 e. The summed E-state index contributed by atoms with van der Waals surface area (Å²) in [7, 11) is 1.99. The Hall–Kier alpha value is -1.05. The zero-order valence-electron chi connectivity index (χ0n) is 9.03. The van der Waals surface area contributed by atoms with Gasteiger partial charge in [0.1, 0.15) is 0 Å². The maximum absolute atomic E-state index is 3.25. The number of halogens is 1. The molecule has 0 aliphatic rings. The predicted molar refractivity (Wildman–Crippen MR) is 68.7 cm³/mol. The first-order chi connectivity index (χ1) is 6.81. The Morgan fingerprint density at radius 3 is 2.33 bits per heavy atom. The number of nitrogens with one attached hydrogen (secondary N) is 1. The number of rotatable bonds is 2. The highest BCUT2D eigenvalue weighted by molar-refractivity contribution is 5.85. The van der Waals surface area contributed by atoms with Crippen molar-refractivity contribution in [3.8, 4) is 0 Å². The maximum Gasteiger partial charge on any atom is 0.0289 e. The van der Waals surface area contributed by atoms with Gasteiger partial charge in [-0.1, -0.05) is 36.4 Å². The summed E-state index contributed by atoms with van der Waals surface area (Å²) in [5, 5.41) is 5.86. The summed E-state index contributed by atoms with van der Waals surface area (Å²) in [4.78, 5) is 0. The Labute approximate surface area is 96.9 Å². The van der Waals surface area contributed by atoms with E-state index in [2.05, 4.69) is 54.7 Å². The number of hydrogen-bond acceptors (Lipinski definition) is 1. The van der Waals surface area contributed by atoms with E-state index in [0.717, 1.165) is 0 Å². The normalized spacial score (nSPS) is 12.1. The predicted octanol–water partition coefficient (Wildman–Crippen LogP) is 3.54. The molecule has 2 aromatic carbocycles. The van der Waals surface area contributed by atoms with Crippen molar-refractivity contribution in [1.29, 1.82) is 0 Å². The second-order valence-corrected chi connectivity index (χ2v) is 3.62. The average Bonchev–Trinajstić information content (AvgIpc) is 2.27. The summed E-state index contributed by atoms with van der Waals surface area (Å²) >= 11 is 0. The van der Waals surface area contributed by atoms with Crippen molar-refractivity contribution >= 4 is 23.2 Å². The SMILES string of the molecule is CNC(C)c1ccc2ccccc2c1.Cl. The van der Waals surface area contributed by atoms with Crippen LogP contribution in [0.5, 0.6) is 0 Å². The van der Waals surface area contributed by atoms with Crippen LogP contribution in [0.2, 0.25) is 0 Å². The maximum atomic E-state index is 3.25. The van der Waals surface area contributed by atoms with E-state index in [1.54, 1.807) is 0 Å². The van der Waals surface area contributed by atoms with Crippen LogP contribution < -0.4 is 5.32 Å². The van der Waals surface area contributed by atoms with E-state index in [-0.39, 0.29) is 12.4 Å². The van der Waals surface area contributed by atoms with Crippen molar-refractivity contribution in [1.82, 2.24) is 5.32 Å². The molecule has 2 aromatic rings. The van der Waals surface area contributed by atoms with Gasteiger partial charge >= 0.3 is 0 Å². The minimum absolute atomic E-state index is 0. The molecule has 0 saturated carbocycles. The molecule has 0 aliphatic carbocycles. The van der Waals surface area contributed by atoms with Crippen LogP contribution in [0.25, 0.3) is 10.8 Å². The number of hydrogen-bond donors (Lipinski definition) is 1. The van der Waals surface area contributed by atoms with E-state index in [1.807, 2.05) is 7.05 Å². The van der Waals surface area contributed by atoms with Crippen LogP contribution in [-0.4, -0.2) is 7.05 Å². The van der Waals surface area contributed by atoms with Crippen molar-refractivity contribution in [3.63, 3.8) is 0 Å². The third kappa shape index (κ3) is 2.49.